The molecule has 3 rings (SSSR count). The molecule has 0 aliphatic carbocycles. The van der Waals surface area contributed by atoms with E-state index in [1.165, 1.54) is 16.7 Å². The minimum Gasteiger partial charge on any atom is -0.216 e. The number of piperidine rings is 1. The van der Waals surface area contributed by atoms with Gasteiger partial charge in [-0.2, -0.15) is 9.90 Å². The van der Waals surface area contributed by atoms with Crippen molar-refractivity contribution < 1.29 is 14.7 Å². The fourth-order valence-electron chi connectivity index (χ4n) is 2.03. The molecule has 0 amide bonds. The van der Waals surface area contributed by atoms with Gasteiger partial charge in [-0.05, 0) is 30.2 Å². The number of thiophene rings is 1. The third-order valence-corrected chi connectivity index (χ3v) is 4.61. The summed E-state index contributed by atoms with van der Waals surface area (Å²) >= 11 is 7.52. The smallest absolute Gasteiger partial charge is 0.216 e. The van der Waals surface area contributed by atoms with Gasteiger partial charge in [-0.1, -0.05) is 23.5 Å². The average Bonchev–Trinajstić information content (AvgIpc) is 2.98. The van der Waals surface area contributed by atoms with E-state index in [-0.39, 0.29) is 0 Å². The SMILES string of the molecule is CC1CCN(N2OOC(c3sccc3Cl)O2)CC1. The van der Waals surface area contributed by atoms with Crippen LogP contribution in [0.2, 0.25) is 5.02 Å². The molecule has 0 radical (unpaired) electrons. The van der Waals surface area contributed by atoms with Crippen LogP contribution >= 0.6 is 22.9 Å². The van der Waals surface area contributed by atoms with E-state index >= 15 is 0 Å². The van der Waals surface area contributed by atoms with Gasteiger partial charge in [0.1, 0.15) is 0 Å². The third-order valence-electron chi connectivity index (χ3n) is 3.23. The maximum absolute atomic E-state index is 6.04. The predicted octanol–water partition coefficient (Wildman–Crippen LogP) is 3.16. The molecule has 2 fully saturated rings. The van der Waals surface area contributed by atoms with E-state index in [4.69, 9.17) is 26.3 Å². The van der Waals surface area contributed by atoms with Crippen molar-refractivity contribution in [2.45, 2.75) is 26.1 Å². The summed E-state index contributed by atoms with van der Waals surface area (Å²) in [6, 6.07) is 1.82. The second-order valence-electron chi connectivity index (χ2n) is 4.61. The van der Waals surface area contributed by atoms with Crippen LogP contribution in [0.1, 0.15) is 30.9 Å². The van der Waals surface area contributed by atoms with Crippen LogP contribution in [0.15, 0.2) is 11.4 Å². The molecule has 2 aliphatic rings. The minimum atomic E-state index is -0.572. The highest BCUT2D eigenvalue weighted by Gasteiger charge is 2.35. The number of rotatable bonds is 2. The van der Waals surface area contributed by atoms with Gasteiger partial charge in [0.25, 0.3) is 6.29 Å². The first-order valence-corrected chi connectivity index (χ1v) is 7.28. The van der Waals surface area contributed by atoms with Crippen LogP contribution in [0.25, 0.3) is 0 Å². The van der Waals surface area contributed by atoms with E-state index in [2.05, 4.69) is 6.92 Å². The van der Waals surface area contributed by atoms with Crippen molar-refractivity contribution in [1.82, 2.24) is 10.3 Å². The summed E-state index contributed by atoms with van der Waals surface area (Å²) < 4.78 is 0. The summed E-state index contributed by atoms with van der Waals surface area (Å²) in [7, 11) is 0. The van der Waals surface area contributed by atoms with Crippen LogP contribution < -0.4 is 0 Å². The summed E-state index contributed by atoms with van der Waals surface area (Å²) in [6.45, 7) is 4.08. The van der Waals surface area contributed by atoms with E-state index < -0.39 is 6.29 Å². The molecule has 1 aromatic rings. The number of hydrogen-bond acceptors (Lipinski definition) is 6. The molecule has 1 atom stereocenters. The number of nitrogens with zero attached hydrogens (tertiary/aromatic N) is 2. The van der Waals surface area contributed by atoms with Crippen molar-refractivity contribution in [2.24, 2.45) is 5.92 Å². The fourth-order valence-corrected chi connectivity index (χ4v) is 3.12. The minimum absolute atomic E-state index is 0.572. The molecule has 0 bridgehead atoms. The zero-order valence-corrected chi connectivity index (χ0v) is 11.6. The first kappa shape index (κ1) is 12.8. The second-order valence-corrected chi connectivity index (χ2v) is 5.97. The Kier molecular flexibility index (Phi) is 3.86. The molecule has 18 heavy (non-hydrogen) atoms. The van der Waals surface area contributed by atoms with E-state index in [0.29, 0.717) is 5.02 Å². The molecule has 0 spiro atoms. The van der Waals surface area contributed by atoms with Crippen molar-refractivity contribution in [3.8, 4) is 0 Å². The maximum Gasteiger partial charge on any atom is 0.252 e. The third kappa shape index (κ3) is 2.55. The molecular formula is C11H15ClN2O3S. The van der Waals surface area contributed by atoms with Gasteiger partial charge in [0, 0.05) is 18.4 Å². The number of hydrazine groups is 1. The Morgan fingerprint density at radius 2 is 2.17 bits per heavy atom. The average molecular weight is 291 g/mol. The van der Waals surface area contributed by atoms with Crippen molar-refractivity contribution >= 4 is 22.9 Å². The Morgan fingerprint density at radius 3 is 2.83 bits per heavy atom. The first-order valence-electron chi connectivity index (χ1n) is 6.02. The first-order chi connectivity index (χ1) is 8.74. The van der Waals surface area contributed by atoms with Gasteiger partial charge in [0.2, 0.25) is 0 Å². The Balaban J connectivity index is 1.60. The Hall–Kier alpha value is -0.210. The molecular weight excluding hydrogens is 276 g/mol. The molecule has 100 valence electrons. The van der Waals surface area contributed by atoms with Gasteiger partial charge < -0.3 is 0 Å². The lowest BCUT2D eigenvalue weighted by Gasteiger charge is -2.32. The standard InChI is InChI=1S/C11H15ClN2O3S/c1-8-2-5-13(6-3-8)14-15-11(16-17-14)10-9(12)4-7-18-10/h4,7-8,11H,2-3,5-6H2,1H3. The highest BCUT2D eigenvalue weighted by atomic mass is 35.5. The molecule has 5 nitrogen and oxygen atoms in total. The van der Waals surface area contributed by atoms with Crippen molar-refractivity contribution in [2.75, 3.05) is 13.1 Å². The van der Waals surface area contributed by atoms with Crippen molar-refractivity contribution in [1.29, 1.82) is 0 Å². The van der Waals surface area contributed by atoms with E-state index in [0.717, 1.165) is 36.7 Å². The van der Waals surface area contributed by atoms with Gasteiger partial charge in [-0.25, -0.2) is 4.84 Å². The lowest BCUT2D eigenvalue weighted by molar-refractivity contribution is -0.487. The van der Waals surface area contributed by atoms with Gasteiger partial charge in [0.15, 0.2) is 0 Å². The summed E-state index contributed by atoms with van der Waals surface area (Å²) in [5.74, 6) is 0.757. The summed E-state index contributed by atoms with van der Waals surface area (Å²) in [5, 5.41) is 5.88. The predicted molar refractivity (Wildman–Crippen MR) is 67.1 cm³/mol. The number of halogens is 1. The maximum atomic E-state index is 6.04. The Morgan fingerprint density at radius 1 is 1.39 bits per heavy atom. The molecule has 0 N–H and O–H groups in total. The molecule has 7 heteroatoms. The van der Waals surface area contributed by atoms with E-state index in [1.54, 1.807) is 0 Å². The van der Waals surface area contributed by atoms with E-state index in [1.807, 2.05) is 16.5 Å². The van der Waals surface area contributed by atoms with Gasteiger partial charge >= 0.3 is 0 Å². The fraction of sp³-hybridized carbons (Fsp3) is 0.636. The van der Waals surface area contributed by atoms with Crippen LogP contribution in [0.5, 0.6) is 0 Å². The Bertz CT molecular complexity index is 409. The molecule has 2 aliphatic heterocycles. The highest BCUT2D eigenvalue weighted by molar-refractivity contribution is 7.10. The summed E-state index contributed by atoms with van der Waals surface area (Å²) in [6.07, 6.45) is 1.69. The summed E-state index contributed by atoms with van der Waals surface area (Å²) in [4.78, 5) is 16.7. The summed E-state index contributed by atoms with van der Waals surface area (Å²) in [5.41, 5.74) is 0. The lowest BCUT2D eigenvalue weighted by Crippen LogP contribution is -2.43. The monoisotopic (exact) mass is 290 g/mol. The van der Waals surface area contributed by atoms with Crippen LogP contribution in [0.4, 0.5) is 0 Å². The zero-order chi connectivity index (χ0) is 12.5. The second kappa shape index (κ2) is 5.42. The van der Waals surface area contributed by atoms with Crippen LogP contribution in [-0.2, 0) is 14.7 Å². The molecule has 0 saturated carbocycles. The molecule has 1 aromatic heterocycles. The van der Waals surface area contributed by atoms with Gasteiger partial charge in [0.05, 0.1) is 9.90 Å². The van der Waals surface area contributed by atoms with Crippen LogP contribution in [0, 0.1) is 5.92 Å². The molecule has 0 aromatic carbocycles. The van der Waals surface area contributed by atoms with Crippen molar-refractivity contribution in [3.05, 3.63) is 21.3 Å². The normalized spacial score (nSPS) is 28.0. The largest absolute Gasteiger partial charge is 0.252 e. The molecule has 3 heterocycles. The topological polar surface area (TPSA) is 34.2 Å². The lowest BCUT2D eigenvalue weighted by atomic mass is 10.0. The van der Waals surface area contributed by atoms with Gasteiger partial charge in [-0.15, -0.1) is 11.3 Å². The highest BCUT2D eigenvalue weighted by Crippen LogP contribution is 2.36. The van der Waals surface area contributed by atoms with Crippen LogP contribution in [-0.4, -0.2) is 23.4 Å². The van der Waals surface area contributed by atoms with Crippen molar-refractivity contribution in [3.63, 3.8) is 0 Å². The number of hydrogen-bond donors (Lipinski definition) is 0. The molecule has 2 saturated heterocycles. The van der Waals surface area contributed by atoms with E-state index in [9.17, 15) is 0 Å². The zero-order valence-electron chi connectivity index (χ0n) is 10.0. The Labute approximate surface area is 115 Å². The van der Waals surface area contributed by atoms with Crippen LogP contribution in [0.3, 0.4) is 0 Å². The van der Waals surface area contributed by atoms with Gasteiger partial charge in [-0.3, -0.25) is 0 Å². The molecule has 1 unspecified atom stereocenters. The quantitative estimate of drug-likeness (QED) is 0.782.